The van der Waals surface area contributed by atoms with Crippen LogP contribution in [0.15, 0.2) is 58.0 Å². The summed E-state index contributed by atoms with van der Waals surface area (Å²) in [4.78, 5) is 16.3. The molecule has 4 rings (SSSR count). The second kappa shape index (κ2) is 7.22. The van der Waals surface area contributed by atoms with Crippen molar-refractivity contribution in [2.75, 3.05) is 0 Å². The van der Waals surface area contributed by atoms with Crippen molar-refractivity contribution >= 4 is 10.8 Å². The Hall–Kier alpha value is -3.70. The minimum Gasteiger partial charge on any atom is -0.337 e. The van der Waals surface area contributed by atoms with E-state index in [0.717, 1.165) is 4.68 Å². The summed E-state index contributed by atoms with van der Waals surface area (Å²) in [6, 6.07) is 7.63. The SMILES string of the molecule is O=c1c2ccccc2cnn1Cc1nc(-c2cc(C(F)(F)F)cc(C(F)(F)F)c2)no1. The van der Waals surface area contributed by atoms with Crippen molar-refractivity contribution in [2.24, 2.45) is 0 Å². The molecule has 0 N–H and O–H groups in total. The topological polar surface area (TPSA) is 73.8 Å². The number of halogens is 6. The van der Waals surface area contributed by atoms with Gasteiger partial charge in [-0.2, -0.15) is 36.4 Å². The zero-order valence-electron chi connectivity index (χ0n) is 15.2. The highest BCUT2D eigenvalue weighted by Crippen LogP contribution is 2.38. The molecule has 0 atom stereocenters. The van der Waals surface area contributed by atoms with E-state index in [-0.39, 0.29) is 18.5 Å². The quantitative estimate of drug-likeness (QED) is 0.438. The van der Waals surface area contributed by atoms with Crippen LogP contribution in [-0.4, -0.2) is 19.9 Å². The van der Waals surface area contributed by atoms with Gasteiger partial charge in [0.2, 0.25) is 11.7 Å². The Morgan fingerprint density at radius 3 is 2.23 bits per heavy atom. The predicted molar refractivity (Wildman–Crippen MR) is 94.8 cm³/mol. The number of rotatable bonds is 3. The second-order valence-corrected chi connectivity index (χ2v) is 6.50. The van der Waals surface area contributed by atoms with Crippen LogP contribution in [0.4, 0.5) is 26.3 Å². The lowest BCUT2D eigenvalue weighted by Gasteiger charge is -2.12. The van der Waals surface area contributed by atoms with Crippen molar-refractivity contribution in [3.63, 3.8) is 0 Å². The number of hydrogen-bond donors (Lipinski definition) is 0. The zero-order valence-corrected chi connectivity index (χ0v) is 15.2. The summed E-state index contributed by atoms with van der Waals surface area (Å²) in [5.74, 6) is -0.703. The summed E-state index contributed by atoms with van der Waals surface area (Å²) in [6.07, 6.45) is -8.59. The maximum Gasteiger partial charge on any atom is 0.416 e. The fourth-order valence-corrected chi connectivity index (χ4v) is 2.89. The third-order valence-electron chi connectivity index (χ3n) is 4.36. The molecule has 0 unspecified atom stereocenters. The standard InChI is InChI=1S/C19H10F6N4O2/c20-18(21,22)12-5-11(6-13(7-12)19(23,24)25)16-27-15(31-28-16)9-29-17(30)14-4-2-1-3-10(14)8-26-29/h1-8H,9H2. The third-order valence-corrected chi connectivity index (χ3v) is 4.36. The molecule has 6 nitrogen and oxygen atoms in total. The van der Waals surface area contributed by atoms with Crippen molar-refractivity contribution in [2.45, 2.75) is 18.9 Å². The first-order valence-corrected chi connectivity index (χ1v) is 8.60. The maximum absolute atomic E-state index is 13.0. The molecule has 0 amide bonds. The molecule has 0 aliphatic heterocycles. The number of aromatic nitrogens is 4. The Morgan fingerprint density at radius 2 is 1.58 bits per heavy atom. The summed E-state index contributed by atoms with van der Waals surface area (Å²) < 4.78 is 84.1. The molecule has 31 heavy (non-hydrogen) atoms. The minimum absolute atomic E-state index is 0.00303. The lowest BCUT2D eigenvalue weighted by molar-refractivity contribution is -0.143. The van der Waals surface area contributed by atoms with E-state index in [4.69, 9.17) is 4.52 Å². The molecule has 0 radical (unpaired) electrons. The molecule has 2 heterocycles. The van der Waals surface area contributed by atoms with E-state index in [2.05, 4.69) is 15.2 Å². The van der Waals surface area contributed by atoms with E-state index in [1.807, 2.05) is 0 Å². The molecule has 4 aromatic rings. The lowest BCUT2D eigenvalue weighted by Crippen LogP contribution is -2.23. The van der Waals surface area contributed by atoms with E-state index in [1.54, 1.807) is 24.3 Å². The molecule has 0 fully saturated rings. The van der Waals surface area contributed by atoms with Gasteiger partial charge < -0.3 is 4.52 Å². The van der Waals surface area contributed by atoms with Crippen molar-refractivity contribution in [3.8, 4) is 11.4 Å². The average molecular weight is 440 g/mol. The van der Waals surface area contributed by atoms with Gasteiger partial charge in [-0.3, -0.25) is 4.79 Å². The molecule has 0 bridgehead atoms. The van der Waals surface area contributed by atoms with Crippen LogP contribution in [0.5, 0.6) is 0 Å². The predicted octanol–water partition coefficient (Wildman–Crippen LogP) is 4.53. The molecule has 0 spiro atoms. The Morgan fingerprint density at radius 1 is 0.935 bits per heavy atom. The van der Waals surface area contributed by atoms with Crippen LogP contribution in [-0.2, 0) is 18.9 Å². The molecule has 2 aromatic carbocycles. The summed E-state index contributed by atoms with van der Waals surface area (Å²) in [5, 5.41) is 8.37. The summed E-state index contributed by atoms with van der Waals surface area (Å²) in [7, 11) is 0. The summed E-state index contributed by atoms with van der Waals surface area (Å²) in [5.41, 5.74) is -4.01. The van der Waals surface area contributed by atoms with Gasteiger partial charge in [-0.15, -0.1) is 0 Å². The number of hydrogen-bond acceptors (Lipinski definition) is 5. The van der Waals surface area contributed by atoms with Crippen LogP contribution in [0.2, 0.25) is 0 Å². The zero-order chi connectivity index (χ0) is 22.4. The van der Waals surface area contributed by atoms with Crippen LogP contribution in [0, 0.1) is 0 Å². The molecule has 160 valence electrons. The van der Waals surface area contributed by atoms with Gasteiger partial charge in [-0.05, 0) is 24.3 Å². The highest BCUT2D eigenvalue weighted by Gasteiger charge is 2.37. The number of alkyl halides is 6. The van der Waals surface area contributed by atoms with Gasteiger partial charge in [-0.25, -0.2) is 4.68 Å². The smallest absolute Gasteiger partial charge is 0.337 e. The first-order valence-electron chi connectivity index (χ1n) is 8.60. The van der Waals surface area contributed by atoms with Crippen LogP contribution < -0.4 is 5.56 Å². The van der Waals surface area contributed by atoms with E-state index in [1.165, 1.54) is 6.20 Å². The second-order valence-electron chi connectivity index (χ2n) is 6.50. The van der Waals surface area contributed by atoms with Gasteiger partial charge in [0.15, 0.2) is 0 Å². The van der Waals surface area contributed by atoms with E-state index in [9.17, 15) is 31.1 Å². The van der Waals surface area contributed by atoms with Crippen LogP contribution >= 0.6 is 0 Å². The normalized spacial score (nSPS) is 12.5. The monoisotopic (exact) mass is 440 g/mol. The van der Waals surface area contributed by atoms with Crippen molar-refractivity contribution in [1.29, 1.82) is 0 Å². The lowest BCUT2D eigenvalue weighted by atomic mass is 10.0. The Kier molecular flexibility index (Phi) is 4.79. The van der Waals surface area contributed by atoms with Crippen LogP contribution in [0.1, 0.15) is 17.0 Å². The van der Waals surface area contributed by atoms with Crippen molar-refractivity contribution in [3.05, 3.63) is 76.0 Å². The van der Waals surface area contributed by atoms with Gasteiger partial charge in [-0.1, -0.05) is 23.4 Å². The highest BCUT2D eigenvalue weighted by atomic mass is 19.4. The maximum atomic E-state index is 13.0. The molecule has 12 heteroatoms. The van der Waals surface area contributed by atoms with Gasteiger partial charge in [0.05, 0.1) is 22.7 Å². The van der Waals surface area contributed by atoms with E-state index >= 15 is 0 Å². The van der Waals surface area contributed by atoms with Gasteiger partial charge in [0, 0.05) is 10.9 Å². The molecular weight excluding hydrogens is 430 g/mol. The molecule has 2 aromatic heterocycles. The summed E-state index contributed by atoms with van der Waals surface area (Å²) >= 11 is 0. The van der Waals surface area contributed by atoms with Gasteiger partial charge in [0.25, 0.3) is 5.56 Å². The van der Waals surface area contributed by atoms with Crippen LogP contribution in [0.25, 0.3) is 22.2 Å². The molecule has 0 saturated heterocycles. The van der Waals surface area contributed by atoms with Gasteiger partial charge in [0.1, 0.15) is 6.54 Å². The molecular formula is C19H10F6N4O2. The highest BCUT2D eigenvalue weighted by molar-refractivity contribution is 5.80. The first kappa shape index (κ1) is 20.6. The molecule has 0 aliphatic rings. The number of benzene rings is 2. The van der Waals surface area contributed by atoms with Crippen molar-refractivity contribution < 1.29 is 30.9 Å². The van der Waals surface area contributed by atoms with E-state index < -0.39 is 40.4 Å². The molecule has 0 aliphatic carbocycles. The average Bonchev–Trinajstić information content (AvgIpc) is 3.17. The number of nitrogens with zero attached hydrogens (tertiary/aromatic N) is 4. The van der Waals surface area contributed by atoms with Gasteiger partial charge >= 0.3 is 12.4 Å². The Bertz CT molecular complexity index is 1290. The molecule has 0 saturated carbocycles. The van der Waals surface area contributed by atoms with E-state index in [0.29, 0.717) is 22.9 Å². The fourth-order valence-electron chi connectivity index (χ4n) is 2.89. The minimum atomic E-state index is -5.01. The fraction of sp³-hybridized carbons (Fsp3) is 0.158. The van der Waals surface area contributed by atoms with Crippen LogP contribution in [0.3, 0.4) is 0 Å². The summed E-state index contributed by atoms with van der Waals surface area (Å²) in [6.45, 7) is -0.318. The number of fused-ring (bicyclic) bond motifs is 1. The third kappa shape index (κ3) is 4.13. The Labute approximate surface area is 168 Å². The largest absolute Gasteiger partial charge is 0.416 e. The van der Waals surface area contributed by atoms with Crippen molar-refractivity contribution in [1.82, 2.24) is 19.9 Å². The first-order chi connectivity index (χ1) is 14.5. The Balaban J connectivity index is 1.71.